The summed E-state index contributed by atoms with van der Waals surface area (Å²) >= 11 is 0. The molecule has 1 saturated heterocycles. The van der Waals surface area contributed by atoms with Crippen LogP contribution in [0.1, 0.15) is 60.3 Å². The minimum Gasteiger partial charge on any atom is -0.311 e. The van der Waals surface area contributed by atoms with Gasteiger partial charge in [0.15, 0.2) is 0 Å². The second kappa shape index (κ2) is 7.37. The van der Waals surface area contributed by atoms with Gasteiger partial charge in [0.2, 0.25) is 0 Å². The number of rotatable bonds is 0. The molecule has 0 radical (unpaired) electrons. The zero-order valence-corrected chi connectivity index (χ0v) is 10.1. The summed E-state index contributed by atoms with van der Waals surface area (Å²) in [6, 6.07) is 1.69. The van der Waals surface area contributed by atoms with Crippen molar-refractivity contribution in [3.05, 3.63) is 0 Å². The van der Waals surface area contributed by atoms with Crippen LogP contribution < -0.4 is 5.32 Å². The van der Waals surface area contributed by atoms with Crippen molar-refractivity contribution in [3.63, 3.8) is 0 Å². The van der Waals surface area contributed by atoms with Crippen molar-refractivity contribution < 1.29 is 0 Å². The maximum absolute atomic E-state index is 3.61. The topological polar surface area (TPSA) is 12.0 Å². The Hall–Kier alpha value is -0.0400. The quantitative estimate of drug-likeness (QED) is 0.608. The lowest BCUT2D eigenvalue weighted by Crippen LogP contribution is -2.39. The standard InChI is InChI=1S/C8H15N.2C2H6/c1-6-4-7-2-3-8(5-7)9-6;2*1-2/h6-9H,2-5H2,1H3;2*1-2H3. The van der Waals surface area contributed by atoms with E-state index in [1.54, 1.807) is 0 Å². The number of fused-ring (bicyclic) bond motifs is 2. The predicted octanol–water partition coefficient (Wildman–Crippen LogP) is 3.59. The molecular weight excluding hydrogens is 158 g/mol. The predicted molar refractivity (Wildman–Crippen MR) is 61.0 cm³/mol. The molecule has 3 atom stereocenters. The lowest BCUT2D eigenvalue weighted by atomic mass is 9.96. The molecule has 13 heavy (non-hydrogen) atoms. The molecule has 1 heterocycles. The summed E-state index contributed by atoms with van der Waals surface area (Å²) in [6.45, 7) is 10.3. The van der Waals surface area contributed by atoms with Crippen molar-refractivity contribution in [2.24, 2.45) is 5.92 Å². The van der Waals surface area contributed by atoms with Crippen LogP contribution in [0.3, 0.4) is 0 Å². The van der Waals surface area contributed by atoms with Crippen molar-refractivity contribution in [1.82, 2.24) is 5.32 Å². The minimum absolute atomic E-state index is 0.802. The average molecular weight is 185 g/mol. The van der Waals surface area contributed by atoms with E-state index in [2.05, 4.69) is 12.2 Å². The van der Waals surface area contributed by atoms with Gasteiger partial charge < -0.3 is 5.32 Å². The normalized spacial score (nSPS) is 35.3. The summed E-state index contributed by atoms with van der Waals surface area (Å²) < 4.78 is 0. The Bertz CT molecular complexity index is 99.7. The number of piperidine rings is 1. The third kappa shape index (κ3) is 4.12. The van der Waals surface area contributed by atoms with Gasteiger partial charge in [-0.2, -0.15) is 0 Å². The Morgan fingerprint density at radius 3 is 2.08 bits per heavy atom. The van der Waals surface area contributed by atoms with E-state index in [1.807, 2.05) is 27.7 Å². The largest absolute Gasteiger partial charge is 0.311 e. The third-order valence-corrected chi connectivity index (χ3v) is 2.75. The summed E-state index contributed by atoms with van der Waals surface area (Å²) in [5.74, 6) is 1.08. The highest BCUT2D eigenvalue weighted by Crippen LogP contribution is 2.33. The van der Waals surface area contributed by atoms with Gasteiger partial charge in [0.25, 0.3) is 0 Å². The van der Waals surface area contributed by atoms with Crippen LogP contribution >= 0.6 is 0 Å². The molecule has 2 bridgehead atoms. The van der Waals surface area contributed by atoms with Gasteiger partial charge in [0.1, 0.15) is 0 Å². The monoisotopic (exact) mass is 185 g/mol. The summed E-state index contributed by atoms with van der Waals surface area (Å²) in [5.41, 5.74) is 0. The molecule has 0 amide bonds. The second-order valence-corrected chi connectivity index (χ2v) is 3.68. The Morgan fingerprint density at radius 2 is 1.54 bits per heavy atom. The van der Waals surface area contributed by atoms with Crippen molar-refractivity contribution in [2.75, 3.05) is 0 Å². The Balaban J connectivity index is 0.000000322. The van der Waals surface area contributed by atoms with Gasteiger partial charge in [-0.05, 0) is 38.5 Å². The Morgan fingerprint density at radius 1 is 0.923 bits per heavy atom. The van der Waals surface area contributed by atoms with Crippen LogP contribution in [0.5, 0.6) is 0 Å². The van der Waals surface area contributed by atoms with Crippen LogP contribution in [-0.4, -0.2) is 12.1 Å². The maximum atomic E-state index is 3.61. The molecule has 80 valence electrons. The molecule has 1 aliphatic heterocycles. The van der Waals surface area contributed by atoms with Crippen molar-refractivity contribution >= 4 is 0 Å². The molecule has 1 saturated carbocycles. The first-order valence-corrected chi connectivity index (χ1v) is 6.10. The molecule has 3 unspecified atom stereocenters. The molecule has 0 spiro atoms. The van der Waals surface area contributed by atoms with E-state index in [9.17, 15) is 0 Å². The summed E-state index contributed by atoms with van der Waals surface area (Å²) in [6.07, 6.45) is 5.82. The van der Waals surface area contributed by atoms with Crippen LogP contribution in [-0.2, 0) is 0 Å². The van der Waals surface area contributed by atoms with Crippen LogP contribution in [0.25, 0.3) is 0 Å². The molecule has 2 fully saturated rings. The van der Waals surface area contributed by atoms with Crippen LogP contribution in [0, 0.1) is 5.92 Å². The van der Waals surface area contributed by atoms with Crippen LogP contribution in [0.4, 0.5) is 0 Å². The fourth-order valence-corrected chi connectivity index (χ4v) is 2.41. The van der Waals surface area contributed by atoms with Gasteiger partial charge in [-0.1, -0.05) is 27.7 Å². The van der Waals surface area contributed by atoms with Crippen LogP contribution in [0.15, 0.2) is 0 Å². The summed E-state index contributed by atoms with van der Waals surface area (Å²) in [5, 5.41) is 3.61. The zero-order chi connectivity index (χ0) is 10.3. The first-order valence-electron chi connectivity index (χ1n) is 6.10. The molecule has 0 aromatic rings. The van der Waals surface area contributed by atoms with Gasteiger partial charge in [-0.3, -0.25) is 0 Å². The maximum Gasteiger partial charge on any atom is 0.00722 e. The summed E-state index contributed by atoms with van der Waals surface area (Å²) in [4.78, 5) is 0. The van der Waals surface area contributed by atoms with Crippen molar-refractivity contribution in [3.8, 4) is 0 Å². The van der Waals surface area contributed by atoms with Gasteiger partial charge in [-0.25, -0.2) is 0 Å². The number of hydrogen-bond acceptors (Lipinski definition) is 1. The molecule has 1 heteroatoms. The van der Waals surface area contributed by atoms with Crippen molar-refractivity contribution in [1.29, 1.82) is 0 Å². The van der Waals surface area contributed by atoms with E-state index in [4.69, 9.17) is 0 Å². The smallest absolute Gasteiger partial charge is 0.00722 e. The molecule has 1 aliphatic carbocycles. The lowest BCUT2D eigenvalue weighted by Gasteiger charge is -2.26. The molecule has 2 rings (SSSR count). The number of hydrogen-bond donors (Lipinski definition) is 1. The molecule has 1 N–H and O–H groups in total. The van der Waals surface area contributed by atoms with Crippen molar-refractivity contribution in [2.45, 2.75) is 72.4 Å². The first kappa shape index (κ1) is 13.0. The van der Waals surface area contributed by atoms with E-state index in [0.717, 1.165) is 18.0 Å². The zero-order valence-electron chi connectivity index (χ0n) is 10.1. The highest BCUT2D eigenvalue weighted by Gasteiger charge is 2.31. The second-order valence-electron chi connectivity index (χ2n) is 3.68. The summed E-state index contributed by atoms with van der Waals surface area (Å²) in [7, 11) is 0. The minimum atomic E-state index is 0.802. The third-order valence-electron chi connectivity index (χ3n) is 2.75. The molecule has 0 aromatic carbocycles. The Kier molecular flexibility index (Phi) is 7.35. The van der Waals surface area contributed by atoms with Gasteiger partial charge >= 0.3 is 0 Å². The average Bonchev–Trinajstić information content (AvgIpc) is 2.52. The van der Waals surface area contributed by atoms with Gasteiger partial charge in [0.05, 0.1) is 0 Å². The van der Waals surface area contributed by atoms with E-state index < -0.39 is 0 Å². The van der Waals surface area contributed by atoms with E-state index in [1.165, 1.54) is 25.7 Å². The number of nitrogens with one attached hydrogen (secondary N) is 1. The van der Waals surface area contributed by atoms with Gasteiger partial charge in [0, 0.05) is 12.1 Å². The molecule has 0 aromatic heterocycles. The molecular formula is C12H27N. The highest BCUT2D eigenvalue weighted by atomic mass is 15.0. The molecule has 1 nitrogen and oxygen atoms in total. The lowest BCUT2D eigenvalue weighted by molar-refractivity contribution is 0.324. The highest BCUT2D eigenvalue weighted by molar-refractivity contribution is 4.89. The van der Waals surface area contributed by atoms with E-state index >= 15 is 0 Å². The molecule has 2 aliphatic rings. The van der Waals surface area contributed by atoms with E-state index in [0.29, 0.717) is 0 Å². The van der Waals surface area contributed by atoms with Crippen LogP contribution in [0.2, 0.25) is 0 Å². The fraction of sp³-hybridized carbons (Fsp3) is 1.00. The van der Waals surface area contributed by atoms with Gasteiger partial charge in [-0.15, -0.1) is 0 Å². The SMILES string of the molecule is CC.CC.CC1CC2CCC(C2)N1. The fourth-order valence-electron chi connectivity index (χ4n) is 2.41. The first-order chi connectivity index (χ1) is 6.34. The van der Waals surface area contributed by atoms with E-state index in [-0.39, 0.29) is 0 Å². The Labute approximate surface area is 84.3 Å².